The highest BCUT2D eigenvalue weighted by Gasteiger charge is 2.37. The fourth-order valence-electron chi connectivity index (χ4n) is 1.65. The molecular formula is C12H19NO. The van der Waals surface area contributed by atoms with Crippen molar-refractivity contribution in [3.05, 3.63) is 23.8 Å². The van der Waals surface area contributed by atoms with Gasteiger partial charge in [-0.2, -0.15) is 0 Å². The minimum Gasteiger partial charge on any atom is -0.377 e. The van der Waals surface area contributed by atoms with Crippen LogP contribution in [-0.4, -0.2) is 18.8 Å². The first-order chi connectivity index (χ1) is 6.79. The standard InChI is InChI=1S/C12H19NO/c13-12(6-7-12)8-9-14-10-11-4-2-1-3-5-11/h2,4-5H,1,3,6-10,13H2. The van der Waals surface area contributed by atoms with Crippen LogP contribution >= 0.6 is 0 Å². The molecule has 14 heavy (non-hydrogen) atoms. The first-order valence-corrected chi connectivity index (χ1v) is 5.51. The highest BCUT2D eigenvalue weighted by Crippen LogP contribution is 2.35. The monoisotopic (exact) mass is 193 g/mol. The van der Waals surface area contributed by atoms with E-state index in [1.165, 1.54) is 24.8 Å². The first kappa shape index (κ1) is 9.94. The number of allylic oxidation sites excluding steroid dienone is 2. The van der Waals surface area contributed by atoms with Crippen LogP contribution < -0.4 is 5.73 Å². The Morgan fingerprint density at radius 2 is 2.21 bits per heavy atom. The maximum absolute atomic E-state index is 5.96. The Morgan fingerprint density at radius 1 is 1.36 bits per heavy atom. The average Bonchev–Trinajstić information content (AvgIpc) is 2.94. The third-order valence-corrected chi connectivity index (χ3v) is 2.98. The van der Waals surface area contributed by atoms with E-state index in [9.17, 15) is 0 Å². The van der Waals surface area contributed by atoms with E-state index in [-0.39, 0.29) is 5.54 Å². The number of hydrogen-bond acceptors (Lipinski definition) is 2. The van der Waals surface area contributed by atoms with Crippen LogP contribution in [0.2, 0.25) is 0 Å². The van der Waals surface area contributed by atoms with Gasteiger partial charge in [-0.3, -0.25) is 0 Å². The molecule has 78 valence electrons. The van der Waals surface area contributed by atoms with E-state index in [0.717, 1.165) is 26.1 Å². The number of nitrogens with two attached hydrogens (primary N) is 1. The zero-order valence-electron chi connectivity index (χ0n) is 8.67. The summed E-state index contributed by atoms with van der Waals surface area (Å²) in [4.78, 5) is 0. The fourth-order valence-corrected chi connectivity index (χ4v) is 1.65. The molecule has 0 saturated heterocycles. The molecule has 2 aliphatic carbocycles. The van der Waals surface area contributed by atoms with Gasteiger partial charge in [0.15, 0.2) is 0 Å². The Bertz CT molecular complexity index is 251. The Hall–Kier alpha value is -0.600. The lowest BCUT2D eigenvalue weighted by molar-refractivity contribution is 0.147. The van der Waals surface area contributed by atoms with Gasteiger partial charge in [0, 0.05) is 12.1 Å². The van der Waals surface area contributed by atoms with Gasteiger partial charge in [0.25, 0.3) is 0 Å². The number of rotatable bonds is 5. The molecule has 2 nitrogen and oxygen atoms in total. The summed E-state index contributed by atoms with van der Waals surface area (Å²) in [6.07, 6.45) is 12.4. The molecule has 0 bridgehead atoms. The van der Waals surface area contributed by atoms with Gasteiger partial charge < -0.3 is 10.5 Å². The van der Waals surface area contributed by atoms with Crippen molar-refractivity contribution in [2.24, 2.45) is 5.73 Å². The van der Waals surface area contributed by atoms with Crippen LogP contribution in [0.4, 0.5) is 0 Å². The lowest BCUT2D eigenvalue weighted by atomic mass is 10.1. The van der Waals surface area contributed by atoms with Crippen molar-refractivity contribution in [3.63, 3.8) is 0 Å². The minimum atomic E-state index is 0.136. The van der Waals surface area contributed by atoms with E-state index in [2.05, 4.69) is 18.2 Å². The van der Waals surface area contributed by atoms with E-state index in [1.54, 1.807) is 0 Å². The van der Waals surface area contributed by atoms with Gasteiger partial charge >= 0.3 is 0 Å². The summed E-state index contributed by atoms with van der Waals surface area (Å²) in [6.45, 7) is 1.56. The zero-order valence-corrected chi connectivity index (χ0v) is 8.67. The Kier molecular flexibility index (Phi) is 3.04. The van der Waals surface area contributed by atoms with Crippen LogP contribution in [-0.2, 0) is 4.74 Å². The smallest absolute Gasteiger partial charge is 0.0713 e. The van der Waals surface area contributed by atoms with Gasteiger partial charge in [-0.25, -0.2) is 0 Å². The summed E-state index contributed by atoms with van der Waals surface area (Å²) < 4.78 is 5.59. The highest BCUT2D eigenvalue weighted by molar-refractivity contribution is 5.22. The van der Waals surface area contributed by atoms with Crippen molar-refractivity contribution in [2.45, 2.75) is 37.6 Å². The summed E-state index contributed by atoms with van der Waals surface area (Å²) in [6, 6.07) is 0. The molecule has 0 spiro atoms. The average molecular weight is 193 g/mol. The maximum Gasteiger partial charge on any atom is 0.0713 e. The third-order valence-electron chi connectivity index (χ3n) is 2.98. The van der Waals surface area contributed by atoms with Gasteiger partial charge in [0.1, 0.15) is 0 Å². The lowest BCUT2D eigenvalue weighted by Gasteiger charge is -2.10. The predicted octanol–water partition coefficient (Wildman–Crippen LogP) is 2.16. The molecule has 0 unspecified atom stereocenters. The molecule has 0 aromatic carbocycles. The van der Waals surface area contributed by atoms with E-state index < -0.39 is 0 Å². The molecule has 0 amide bonds. The van der Waals surface area contributed by atoms with Crippen molar-refractivity contribution in [3.8, 4) is 0 Å². The molecule has 1 fully saturated rings. The number of hydrogen-bond donors (Lipinski definition) is 1. The third kappa shape index (κ3) is 2.96. The molecule has 2 heteroatoms. The Labute approximate surface area is 85.8 Å². The summed E-state index contributed by atoms with van der Waals surface area (Å²) in [5.41, 5.74) is 7.41. The van der Waals surface area contributed by atoms with Crippen LogP contribution in [0.25, 0.3) is 0 Å². The molecular weight excluding hydrogens is 174 g/mol. The second-order valence-electron chi connectivity index (χ2n) is 4.42. The normalized spacial score (nSPS) is 23.4. The molecule has 0 radical (unpaired) electrons. The van der Waals surface area contributed by atoms with Crippen LogP contribution in [0.5, 0.6) is 0 Å². The summed E-state index contributed by atoms with van der Waals surface area (Å²) in [7, 11) is 0. The van der Waals surface area contributed by atoms with Gasteiger partial charge in [-0.1, -0.05) is 18.2 Å². The van der Waals surface area contributed by atoms with Crippen LogP contribution in [0.15, 0.2) is 23.8 Å². The quantitative estimate of drug-likeness (QED) is 0.679. The van der Waals surface area contributed by atoms with E-state index >= 15 is 0 Å². The molecule has 0 aromatic heterocycles. The van der Waals surface area contributed by atoms with Gasteiger partial charge in [0.2, 0.25) is 0 Å². The molecule has 0 aliphatic heterocycles. The van der Waals surface area contributed by atoms with E-state index in [4.69, 9.17) is 10.5 Å². The van der Waals surface area contributed by atoms with Crippen molar-refractivity contribution in [1.82, 2.24) is 0 Å². The largest absolute Gasteiger partial charge is 0.377 e. The van der Waals surface area contributed by atoms with Gasteiger partial charge in [-0.15, -0.1) is 0 Å². The lowest BCUT2D eigenvalue weighted by Crippen LogP contribution is -2.23. The summed E-state index contributed by atoms with van der Waals surface area (Å²) >= 11 is 0. The molecule has 2 N–H and O–H groups in total. The maximum atomic E-state index is 5.96. The first-order valence-electron chi connectivity index (χ1n) is 5.51. The second kappa shape index (κ2) is 4.28. The summed E-state index contributed by atoms with van der Waals surface area (Å²) in [5.74, 6) is 0. The predicted molar refractivity (Wildman–Crippen MR) is 58.0 cm³/mol. The van der Waals surface area contributed by atoms with E-state index in [1.807, 2.05) is 0 Å². The Morgan fingerprint density at radius 3 is 2.86 bits per heavy atom. The SMILES string of the molecule is NC1(CCOCC2=CCCC=C2)CC1. The van der Waals surface area contributed by atoms with Crippen molar-refractivity contribution >= 4 is 0 Å². The molecule has 0 atom stereocenters. The molecule has 1 saturated carbocycles. The van der Waals surface area contributed by atoms with Crippen LogP contribution in [0.1, 0.15) is 32.1 Å². The Balaban J connectivity index is 1.58. The van der Waals surface area contributed by atoms with Crippen LogP contribution in [0.3, 0.4) is 0 Å². The van der Waals surface area contributed by atoms with Crippen molar-refractivity contribution in [2.75, 3.05) is 13.2 Å². The van der Waals surface area contributed by atoms with Crippen molar-refractivity contribution < 1.29 is 4.74 Å². The fraction of sp³-hybridized carbons (Fsp3) is 0.667. The molecule has 0 aromatic rings. The van der Waals surface area contributed by atoms with Crippen molar-refractivity contribution in [1.29, 1.82) is 0 Å². The second-order valence-corrected chi connectivity index (χ2v) is 4.42. The molecule has 2 rings (SSSR count). The van der Waals surface area contributed by atoms with Gasteiger partial charge in [-0.05, 0) is 37.7 Å². The van der Waals surface area contributed by atoms with Gasteiger partial charge in [0.05, 0.1) is 6.61 Å². The zero-order chi connectivity index (χ0) is 9.86. The topological polar surface area (TPSA) is 35.2 Å². The van der Waals surface area contributed by atoms with Crippen LogP contribution in [0, 0.1) is 0 Å². The minimum absolute atomic E-state index is 0.136. The molecule has 2 aliphatic rings. The molecule has 0 heterocycles. The number of ether oxygens (including phenoxy) is 1. The van der Waals surface area contributed by atoms with E-state index in [0.29, 0.717) is 0 Å². The summed E-state index contributed by atoms with van der Waals surface area (Å²) in [5, 5.41) is 0. The highest BCUT2D eigenvalue weighted by atomic mass is 16.5.